The smallest absolute Gasteiger partial charge is 0.335 e. The van der Waals surface area contributed by atoms with E-state index < -0.39 is 25.5 Å². The topological polar surface area (TPSA) is 115 Å². The van der Waals surface area contributed by atoms with Crippen molar-refractivity contribution in [1.29, 1.82) is 0 Å². The first-order chi connectivity index (χ1) is 17.2. The fourth-order valence-corrected chi connectivity index (χ4v) is 5.02. The van der Waals surface area contributed by atoms with Crippen LogP contribution in [0.3, 0.4) is 0 Å². The minimum atomic E-state index is -3.40. The Morgan fingerprint density at radius 2 is 1.08 bits per heavy atom. The fraction of sp³-hybridized carbons (Fsp3) is 0.367. The molecule has 202 valence electrons. The molecule has 0 saturated heterocycles. The van der Waals surface area contributed by atoms with Gasteiger partial charge in [-0.15, -0.1) is 0 Å². The van der Waals surface area contributed by atoms with Gasteiger partial charge in [-0.25, -0.2) is 4.79 Å². The summed E-state index contributed by atoms with van der Waals surface area (Å²) in [5, 5.41) is 29.0. The fourth-order valence-electron chi connectivity index (χ4n) is 3.57. The summed E-state index contributed by atoms with van der Waals surface area (Å²) in [6, 6.07) is 25.7. The molecule has 0 aliphatic rings. The molecule has 3 rings (SSSR count). The van der Waals surface area contributed by atoms with Gasteiger partial charge in [-0.3, -0.25) is 4.57 Å². The first-order valence-corrected chi connectivity index (χ1v) is 13.9. The minimum Gasteiger partial charge on any atom is -0.478 e. The number of rotatable bonds is 6. The number of carboxylic acid groups (broad SMARTS) is 1. The van der Waals surface area contributed by atoms with Crippen LogP contribution in [0.1, 0.15) is 51.9 Å². The van der Waals surface area contributed by atoms with Crippen molar-refractivity contribution in [3.8, 4) is 0 Å². The highest BCUT2D eigenvalue weighted by Gasteiger charge is 2.32. The highest BCUT2D eigenvalue weighted by atomic mass is 31.2. The first-order valence-electron chi connectivity index (χ1n) is 12.3. The number of carbonyl (C=O) groups is 1. The van der Waals surface area contributed by atoms with Crippen molar-refractivity contribution in [2.45, 2.75) is 53.8 Å². The molecule has 0 saturated carbocycles. The number of hydrogen-bond donors (Lipinski definition) is 4. The summed E-state index contributed by atoms with van der Waals surface area (Å²) in [6.07, 6.45) is -0.876. The molecule has 3 aromatic rings. The Morgan fingerprint density at radius 3 is 1.35 bits per heavy atom. The highest BCUT2D eigenvalue weighted by Crippen LogP contribution is 2.37. The lowest BCUT2D eigenvalue weighted by Crippen LogP contribution is -2.40. The normalized spacial score (nSPS) is 13.8. The SMILES string of the molecule is CC(C)C(O)C(C)C(O)C(C)(C)C.O=C(O)c1ccccc1.O=P(O)(c1ccccc1)c1ccccc1. The molecule has 4 N–H and O–H groups in total. The second-order valence-electron chi connectivity index (χ2n) is 10.3. The van der Waals surface area contributed by atoms with Crippen LogP contribution in [-0.4, -0.2) is 38.4 Å². The summed E-state index contributed by atoms with van der Waals surface area (Å²) in [5.41, 5.74) is 0.174. The number of hydrogen-bond acceptors (Lipinski definition) is 4. The first kappa shape index (κ1) is 32.3. The van der Waals surface area contributed by atoms with E-state index in [1.54, 1.807) is 78.9 Å². The van der Waals surface area contributed by atoms with E-state index in [0.717, 1.165) is 0 Å². The molecule has 0 radical (unpaired) electrons. The van der Waals surface area contributed by atoms with E-state index in [2.05, 4.69) is 0 Å². The van der Waals surface area contributed by atoms with Crippen LogP contribution in [0.25, 0.3) is 0 Å². The second-order valence-corrected chi connectivity index (χ2v) is 12.5. The Labute approximate surface area is 221 Å². The predicted molar refractivity (Wildman–Crippen MR) is 151 cm³/mol. The van der Waals surface area contributed by atoms with Crippen LogP contribution in [-0.2, 0) is 4.57 Å². The number of aliphatic hydroxyl groups excluding tert-OH is 2. The van der Waals surface area contributed by atoms with Gasteiger partial charge in [-0.05, 0) is 47.7 Å². The van der Waals surface area contributed by atoms with Gasteiger partial charge in [-0.2, -0.15) is 0 Å². The molecule has 37 heavy (non-hydrogen) atoms. The van der Waals surface area contributed by atoms with Crippen LogP contribution in [0.5, 0.6) is 0 Å². The minimum absolute atomic E-state index is 0.0694. The third-order valence-corrected chi connectivity index (χ3v) is 7.84. The molecule has 0 aliphatic heterocycles. The van der Waals surface area contributed by atoms with E-state index in [-0.39, 0.29) is 17.3 Å². The quantitative estimate of drug-likeness (QED) is 0.321. The molecule has 0 fully saturated rings. The molecule has 0 aliphatic carbocycles. The van der Waals surface area contributed by atoms with Crippen LogP contribution in [0.2, 0.25) is 0 Å². The maximum Gasteiger partial charge on any atom is 0.335 e. The maximum atomic E-state index is 12.2. The molecule has 0 amide bonds. The zero-order valence-corrected chi connectivity index (χ0v) is 23.4. The summed E-state index contributed by atoms with van der Waals surface area (Å²) in [7, 11) is -3.40. The molecule has 3 aromatic carbocycles. The third-order valence-electron chi connectivity index (χ3n) is 5.84. The lowest BCUT2D eigenvalue weighted by Gasteiger charge is -2.34. The summed E-state index contributed by atoms with van der Waals surface area (Å²) in [6.45, 7) is 11.8. The molecule has 0 aromatic heterocycles. The maximum absolute atomic E-state index is 12.2. The Hall–Kier alpha value is -2.76. The molecule has 0 bridgehead atoms. The monoisotopic (exact) mass is 528 g/mol. The van der Waals surface area contributed by atoms with E-state index in [1.165, 1.54) is 0 Å². The molecule has 0 spiro atoms. The molecular weight excluding hydrogens is 487 g/mol. The van der Waals surface area contributed by atoms with E-state index in [4.69, 9.17) is 5.11 Å². The van der Waals surface area contributed by atoms with Gasteiger partial charge in [0.2, 0.25) is 0 Å². The van der Waals surface area contributed by atoms with Crippen molar-refractivity contribution in [3.05, 3.63) is 96.6 Å². The lowest BCUT2D eigenvalue weighted by molar-refractivity contribution is -0.0501. The third kappa shape index (κ3) is 10.6. The van der Waals surface area contributed by atoms with Gasteiger partial charge in [0.1, 0.15) is 0 Å². The zero-order valence-electron chi connectivity index (χ0n) is 22.5. The van der Waals surface area contributed by atoms with Gasteiger partial charge in [0.05, 0.1) is 17.8 Å². The number of carboxylic acids is 1. The van der Waals surface area contributed by atoms with E-state index in [1.807, 2.05) is 53.7 Å². The highest BCUT2D eigenvalue weighted by molar-refractivity contribution is 7.73. The van der Waals surface area contributed by atoms with Crippen LogP contribution < -0.4 is 10.6 Å². The summed E-state index contributed by atoms with van der Waals surface area (Å²) in [4.78, 5) is 20.2. The van der Waals surface area contributed by atoms with E-state index in [9.17, 15) is 24.5 Å². The second kappa shape index (κ2) is 14.8. The van der Waals surface area contributed by atoms with Crippen molar-refractivity contribution < 1.29 is 29.6 Å². The van der Waals surface area contributed by atoms with Gasteiger partial charge in [0.25, 0.3) is 7.37 Å². The Kier molecular flexibility index (Phi) is 12.9. The number of aromatic carboxylic acids is 1. The lowest BCUT2D eigenvalue weighted by atomic mass is 9.78. The van der Waals surface area contributed by atoms with Crippen molar-refractivity contribution >= 4 is 23.9 Å². The predicted octanol–water partition coefficient (Wildman–Crippen LogP) is 5.34. The molecule has 3 unspecified atom stereocenters. The Balaban J connectivity index is 0.000000287. The van der Waals surface area contributed by atoms with Gasteiger partial charge < -0.3 is 20.2 Å². The summed E-state index contributed by atoms with van der Waals surface area (Å²) in [5.74, 6) is -0.748. The summed E-state index contributed by atoms with van der Waals surface area (Å²) >= 11 is 0. The van der Waals surface area contributed by atoms with E-state index in [0.29, 0.717) is 16.2 Å². The van der Waals surface area contributed by atoms with Crippen LogP contribution in [0.4, 0.5) is 0 Å². The molecule has 3 atom stereocenters. The number of aliphatic hydroxyl groups is 2. The molecular formula is C30H41O6P. The standard InChI is InChI=1S/C12H11O2P.C11H24O2.C7H6O2/c13-15(14,11-7-3-1-4-8-11)12-9-5-2-6-10-12;1-7(2)9(12)8(3)10(13)11(4,5)6;8-7(9)6-4-2-1-3-5-6/h1-10H,(H,13,14);7-10,12-13H,1-6H3;1-5H,(H,8,9). The average Bonchev–Trinajstić information content (AvgIpc) is 2.89. The largest absolute Gasteiger partial charge is 0.478 e. The van der Waals surface area contributed by atoms with Crippen molar-refractivity contribution in [2.75, 3.05) is 0 Å². The van der Waals surface area contributed by atoms with Crippen molar-refractivity contribution in [1.82, 2.24) is 0 Å². The van der Waals surface area contributed by atoms with Crippen molar-refractivity contribution in [3.63, 3.8) is 0 Å². The Bertz CT molecular complexity index is 1050. The molecule has 0 heterocycles. The zero-order chi connectivity index (χ0) is 28.2. The Morgan fingerprint density at radius 1 is 0.730 bits per heavy atom. The van der Waals surface area contributed by atoms with Gasteiger partial charge in [0.15, 0.2) is 0 Å². The van der Waals surface area contributed by atoms with Crippen LogP contribution in [0, 0.1) is 17.3 Å². The van der Waals surface area contributed by atoms with Crippen LogP contribution >= 0.6 is 7.37 Å². The van der Waals surface area contributed by atoms with E-state index >= 15 is 0 Å². The van der Waals surface area contributed by atoms with Crippen molar-refractivity contribution in [2.24, 2.45) is 17.3 Å². The molecule has 6 nitrogen and oxygen atoms in total. The number of benzene rings is 3. The summed E-state index contributed by atoms with van der Waals surface area (Å²) < 4.78 is 12.2. The molecule has 7 heteroatoms. The van der Waals surface area contributed by atoms with Crippen LogP contribution in [0.15, 0.2) is 91.0 Å². The van der Waals surface area contributed by atoms with Gasteiger partial charge in [-0.1, -0.05) is 96.1 Å². The average molecular weight is 529 g/mol. The van der Waals surface area contributed by atoms with Gasteiger partial charge >= 0.3 is 5.97 Å². The van der Waals surface area contributed by atoms with Gasteiger partial charge in [0, 0.05) is 16.5 Å².